The summed E-state index contributed by atoms with van der Waals surface area (Å²) in [5.74, 6) is 0. The molecule has 0 atom stereocenters. The van der Waals surface area contributed by atoms with E-state index in [0.29, 0.717) is 0 Å². The predicted molar refractivity (Wildman–Crippen MR) is 61.6 cm³/mol. The molecular weight excluding hydrogens is 208 g/mol. The summed E-state index contributed by atoms with van der Waals surface area (Å²) in [6, 6.07) is 0. The Balaban J connectivity index is 2.18. The molecule has 1 saturated heterocycles. The normalized spacial score (nSPS) is 24.6. The summed E-state index contributed by atoms with van der Waals surface area (Å²) in [4.78, 5) is 0. The van der Waals surface area contributed by atoms with Crippen LogP contribution in [-0.2, 0) is 0 Å². The van der Waals surface area contributed by atoms with E-state index in [2.05, 4.69) is 17.5 Å². The highest BCUT2D eigenvalue weighted by atomic mass is 19.3. The van der Waals surface area contributed by atoms with E-state index in [9.17, 15) is 8.78 Å². The molecule has 2 aliphatic rings. The third-order valence-corrected chi connectivity index (χ3v) is 3.80. The molecule has 1 aliphatic carbocycles. The van der Waals surface area contributed by atoms with Gasteiger partial charge in [0.05, 0.1) is 0 Å². The second kappa shape index (κ2) is 5.09. The summed E-state index contributed by atoms with van der Waals surface area (Å²) in [6.07, 6.45) is 7.73. The van der Waals surface area contributed by atoms with Gasteiger partial charge in [0.2, 0.25) is 6.43 Å². The molecule has 0 aromatic heterocycles. The van der Waals surface area contributed by atoms with Crippen LogP contribution >= 0.6 is 0 Å². The average molecular weight is 227 g/mol. The largest absolute Gasteiger partial charge is 0.317 e. The van der Waals surface area contributed by atoms with Crippen molar-refractivity contribution in [1.82, 2.24) is 5.32 Å². The van der Waals surface area contributed by atoms with E-state index >= 15 is 0 Å². The number of allylic oxidation sites excluding steroid dienone is 4. The lowest BCUT2D eigenvalue weighted by molar-refractivity contribution is 0.0702. The monoisotopic (exact) mass is 227 g/mol. The van der Waals surface area contributed by atoms with Crippen LogP contribution in [-0.4, -0.2) is 19.5 Å². The molecule has 1 aliphatic heterocycles. The quantitative estimate of drug-likeness (QED) is 0.780. The van der Waals surface area contributed by atoms with Crippen LogP contribution in [0.1, 0.15) is 32.1 Å². The van der Waals surface area contributed by atoms with E-state index in [1.165, 1.54) is 5.57 Å². The van der Waals surface area contributed by atoms with Crippen LogP contribution in [0.5, 0.6) is 0 Å². The van der Waals surface area contributed by atoms with Crippen LogP contribution in [0.3, 0.4) is 0 Å². The van der Waals surface area contributed by atoms with E-state index in [0.717, 1.165) is 38.8 Å². The molecule has 1 N–H and O–H groups in total. The highest BCUT2D eigenvalue weighted by Gasteiger charge is 2.37. The Hall–Kier alpha value is -0.700. The van der Waals surface area contributed by atoms with Crippen LogP contribution in [0.4, 0.5) is 8.78 Å². The van der Waals surface area contributed by atoms with Crippen LogP contribution in [0.2, 0.25) is 0 Å². The maximum Gasteiger partial charge on any atom is 0.239 e. The van der Waals surface area contributed by atoms with Gasteiger partial charge in [0.1, 0.15) is 0 Å². The summed E-state index contributed by atoms with van der Waals surface area (Å²) in [5, 5.41) is 3.26. The molecular formula is C13H19F2N. The lowest BCUT2D eigenvalue weighted by atomic mass is 9.68. The van der Waals surface area contributed by atoms with Gasteiger partial charge in [-0.2, -0.15) is 0 Å². The zero-order valence-corrected chi connectivity index (χ0v) is 9.52. The number of nitrogens with one attached hydrogen (secondary N) is 1. The van der Waals surface area contributed by atoms with Gasteiger partial charge in [0.25, 0.3) is 0 Å². The third kappa shape index (κ3) is 2.51. The number of piperidine rings is 1. The van der Waals surface area contributed by atoms with Gasteiger partial charge in [0.15, 0.2) is 0 Å². The first kappa shape index (κ1) is 11.8. The Morgan fingerprint density at radius 1 is 1.31 bits per heavy atom. The molecule has 1 nitrogen and oxygen atoms in total. The van der Waals surface area contributed by atoms with Gasteiger partial charge >= 0.3 is 0 Å². The Bertz CT molecular complexity index is 288. The van der Waals surface area contributed by atoms with Crippen molar-refractivity contribution in [2.24, 2.45) is 5.41 Å². The van der Waals surface area contributed by atoms with Gasteiger partial charge in [-0.05, 0) is 44.2 Å². The first-order valence-corrected chi connectivity index (χ1v) is 6.08. The topological polar surface area (TPSA) is 12.0 Å². The van der Waals surface area contributed by atoms with E-state index in [1.807, 2.05) is 6.08 Å². The van der Waals surface area contributed by atoms with Crippen molar-refractivity contribution in [1.29, 1.82) is 0 Å². The molecule has 0 amide bonds. The molecule has 0 unspecified atom stereocenters. The molecule has 0 radical (unpaired) electrons. The zero-order valence-electron chi connectivity index (χ0n) is 9.52. The van der Waals surface area contributed by atoms with Crippen LogP contribution < -0.4 is 5.32 Å². The second-order valence-electron chi connectivity index (χ2n) is 4.78. The summed E-state index contributed by atoms with van der Waals surface area (Å²) in [5.41, 5.74) is 1.02. The van der Waals surface area contributed by atoms with Crippen molar-refractivity contribution in [2.45, 2.75) is 38.5 Å². The molecule has 1 fully saturated rings. The summed E-state index contributed by atoms with van der Waals surface area (Å²) in [7, 11) is 0. The number of hydrogen-bond acceptors (Lipinski definition) is 1. The number of alkyl halides is 2. The molecule has 0 saturated carbocycles. The van der Waals surface area contributed by atoms with E-state index in [-0.39, 0.29) is 11.8 Å². The van der Waals surface area contributed by atoms with Crippen molar-refractivity contribution >= 4 is 0 Å². The zero-order chi connectivity index (χ0) is 11.4. The fourth-order valence-corrected chi connectivity index (χ4v) is 2.90. The molecule has 0 spiro atoms. The molecule has 0 bridgehead atoms. The van der Waals surface area contributed by atoms with Crippen LogP contribution in [0.25, 0.3) is 0 Å². The maximum absolute atomic E-state index is 12.8. The van der Waals surface area contributed by atoms with Gasteiger partial charge in [-0.1, -0.05) is 23.8 Å². The van der Waals surface area contributed by atoms with Crippen molar-refractivity contribution in [2.75, 3.05) is 13.1 Å². The summed E-state index contributed by atoms with van der Waals surface area (Å²) < 4.78 is 25.5. The Morgan fingerprint density at radius 3 is 2.62 bits per heavy atom. The predicted octanol–water partition coefficient (Wildman–Crippen LogP) is 3.29. The lowest BCUT2D eigenvalue weighted by Crippen LogP contribution is -2.39. The van der Waals surface area contributed by atoms with Gasteiger partial charge in [0, 0.05) is 6.42 Å². The van der Waals surface area contributed by atoms with Gasteiger partial charge < -0.3 is 5.32 Å². The van der Waals surface area contributed by atoms with E-state index < -0.39 is 6.43 Å². The highest BCUT2D eigenvalue weighted by Crippen LogP contribution is 2.44. The Labute approximate surface area is 95.6 Å². The number of rotatable bonds is 3. The van der Waals surface area contributed by atoms with Gasteiger partial charge in [-0.15, -0.1) is 0 Å². The SMILES string of the molecule is FC(F)CC1(C2=CC=CCC2)CCNCC1. The fraction of sp³-hybridized carbons (Fsp3) is 0.692. The number of halogens is 2. The lowest BCUT2D eigenvalue weighted by Gasteiger charge is -2.40. The summed E-state index contributed by atoms with van der Waals surface area (Å²) >= 11 is 0. The third-order valence-electron chi connectivity index (χ3n) is 3.80. The molecule has 0 aromatic rings. The minimum Gasteiger partial charge on any atom is -0.317 e. The van der Waals surface area contributed by atoms with Crippen molar-refractivity contribution in [3.05, 3.63) is 23.8 Å². The van der Waals surface area contributed by atoms with Crippen molar-refractivity contribution in [3.63, 3.8) is 0 Å². The first-order chi connectivity index (χ1) is 7.73. The maximum atomic E-state index is 12.8. The number of hydrogen-bond donors (Lipinski definition) is 1. The van der Waals surface area contributed by atoms with Gasteiger partial charge in [-0.3, -0.25) is 0 Å². The Morgan fingerprint density at radius 2 is 2.06 bits per heavy atom. The standard InChI is InChI=1S/C13H19F2N/c14-12(15)10-13(6-8-16-9-7-13)11-4-2-1-3-5-11/h1-2,4,12,16H,3,5-10H2. The molecule has 0 aromatic carbocycles. The van der Waals surface area contributed by atoms with Crippen molar-refractivity contribution < 1.29 is 8.78 Å². The molecule has 1 heterocycles. The summed E-state index contributed by atoms with van der Waals surface area (Å²) in [6.45, 7) is 1.74. The molecule has 2 rings (SSSR count). The van der Waals surface area contributed by atoms with E-state index in [1.54, 1.807) is 0 Å². The minimum atomic E-state index is -2.19. The highest BCUT2D eigenvalue weighted by molar-refractivity contribution is 5.25. The Kier molecular flexibility index (Phi) is 3.74. The first-order valence-electron chi connectivity index (χ1n) is 6.08. The van der Waals surface area contributed by atoms with Gasteiger partial charge in [-0.25, -0.2) is 8.78 Å². The molecule has 16 heavy (non-hydrogen) atoms. The smallest absolute Gasteiger partial charge is 0.239 e. The second-order valence-corrected chi connectivity index (χ2v) is 4.78. The van der Waals surface area contributed by atoms with Crippen LogP contribution in [0, 0.1) is 5.41 Å². The van der Waals surface area contributed by atoms with Crippen molar-refractivity contribution in [3.8, 4) is 0 Å². The van der Waals surface area contributed by atoms with E-state index in [4.69, 9.17) is 0 Å². The minimum absolute atomic E-state index is 0.0361. The van der Waals surface area contributed by atoms with Crippen LogP contribution in [0.15, 0.2) is 23.8 Å². The fourth-order valence-electron chi connectivity index (χ4n) is 2.90. The molecule has 3 heteroatoms. The molecule has 90 valence electrons. The average Bonchev–Trinajstić information content (AvgIpc) is 2.30.